The number of likely N-dealkylation sites (tertiary alicyclic amines) is 1. The van der Waals surface area contributed by atoms with Gasteiger partial charge in [-0.15, -0.1) is 11.3 Å². The molecule has 0 aliphatic carbocycles. The lowest BCUT2D eigenvalue weighted by molar-refractivity contribution is 0.198. The minimum absolute atomic E-state index is 0.558. The molecule has 2 nitrogen and oxygen atoms in total. The van der Waals surface area contributed by atoms with Crippen LogP contribution < -0.4 is 4.74 Å². The summed E-state index contributed by atoms with van der Waals surface area (Å²) in [6, 6.07) is 15.5. The molecule has 0 amide bonds. The zero-order chi connectivity index (χ0) is 16.5. The molecular formula is C20H20BrNOS. The van der Waals surface area contributed by atoms with Crippen molar-refractivity contribution in [3.63, 3.8) is 0 Å². The highest BCUT2D eigenvalue weighted by Gasteiger charge is 2.21. The molecule has 1 saturated heterocycles. The van der Waals surface area contributed by atoms with Crippen LogP contribution in [-0.4, -0.2) is 31.1 Å². The molecule has 4 rings (SSSR count). The molecule has 0 radical (unpaired) electrons. The van der Waals surface area contributed by atoms with Gasteiger partial charge in [-0.25, -0.2) is 0 Å². The van der Waals surface area contributed by atoms with Crippen LogP contribution in [-0.2, 0) is 0 Å². The summed E-state index contributed by atoms with van der Waals surface area (Å²) in [5, 5.41) is 3.54. The normalized spacial score (nSPS) is 18.3. The zero-order valence-electron chi connectivity index (χ0n) is 13.7. The second kappa shape index (κ2) is 6.87. The van der Waals surface area contributed by atoms with Crippen molar-refractivity contribution in [1.29, 1.82) is 0 Å². The van der Waals surface area contributed by atoms with Crippen molar-refractivity contribution in [1.82, 2.24) is 4.90 Å². The Morgan fingerprint density at radius 2 is 2.04 bits per heavy atom. The van der Waals surface area contributed by atoms with Crippen LogP contribution in [0.2, 0.25) is 0 Å². The van der Waals surface area contributed by atoms with Crippen molar-refractivity contribution < 1.29 is 4.74 Å². The smallest absolute Gasteiger partial charge is 0.120 e. The molecule has 1 unspecified atom stereocenters. The van der Waals surface area contributed by atoms with Crippen molar-refractivity contribution in [2.75, 3.05) is 20.2 Å². The fraction of sp³-hybridized carbons (Fsp3) is 0.300. The number of ether oxygens (including phenoxy) is 1. The van der Waals surface area contributed by atoms with E-state index in [2.05, 4.69) is 75.7 Å². The van der Waals surface area contributed by atoms with Gasteiger partial charge < -0.3 is 9.64 Å². The van der Waals surface area contributed by atoms with Crippen molar-refractivity contribution in [2.24, 2.45) is 0 Å². The van der Waals surface area contributed by atoms with Crippen molar-refractivity contribution in [3.8, 4) is 16.9 Å². The molecule has 4 heteroatoms. The Balaban J connectivity index is 1.55. The fourth-order valence-corrected chi connectivity index (χ4v) is 4.59. The van der Waals surface area contributed by atoms with Gasteiger partial charge in [0.1, 0.15) is 12.4 Å². The van der Waals surface area contributed by atoms with Crippen molar-refractivity contribution in [3.05, 3.63) is 52.3 Å². The van der Waals surface area contributed by atoms with Crippen LogP contribution in [0.3, 0.4) is 0 Å². The Morgan fingerprint density at radius 1 is 1.21 bits per heavy atom. The SMILES string of the molecule is CN1CCCC1COc1ccc2c(-c3ccc(Br)cc3)csc2c1. The molecule has 0 saturated carbocycles. The lowest BCUT2D eigenvalue weighted by Gasteiger charge is -2.19. The van der Waals surface area contributed by atoms with E-state index in [-0.39, 0.29) is 0 Å². The van der Waals surface area contributed by atoms with E-state index in [1.807, 2.05) is 0 Å². The third-order valence-electron chi connectivity index (χ3n) is 4.82. The van der Waals surface area contributed by atoms with E-state index in [9.17, 15) is 0 Å². The summed E-state index contributed by atoms with van der Waals surface area (Å²) in [4.78, 5) is 2.40. The Morgan fingerprint density at radius 3 is 2.79 bits per heavy atom. The molecule has 0 spiro atoms. The van der Waals surface area contributed by atoms with Crippen LogP contribution in [0.1, 0.15) is 12.8 Å². The number of hydrogen-bond donors (Lipinski definition) is 0. The van der Waals surface area contributed by atoms with Crippen LogP contribution in [0, 0.1) is 0 Å². The van der Waals surface area contributed by atoms with Gasteiger partial charge in [0.2, 0.25) is 0 Å². The molecule has 1 fully saturated rings. The van der Waals surface area contributed by atoms with Crippen LogP contribution >= 0.6 is 27.3 Å². The average Bonchev–Trinajstić information content (AvgIpc) is 3.19. The first-order valence-electron chi connectivity index (χ1n) is 8.31. The molecule has 24 heavy (non-hydrogen) atoms. The van der Waals surface area contributed by atoms with Gasteiger partial charge in [0.05, 0.1) is 0 Å². The second-order valence-corrected chi connectivity index (χ2v) is 8.23. The number of hydrogen-bond acceptors (Lipinski definition) is 3. The van der Waals surface area contributed by atoms with Crippen LogP contribution in [0.15, 0.2) is 52.3 Å². The minimum atomic E-state index is 0.558. The quantitative estimate of drug-likeness (QED) is 0.547. The summed E-state index contributed by atoms with van der Waals surface area (Å²) in [6.45, 7) is 1.97. The predicted octanol–water partition coefficient (Wildman–Crippen LogP) is 5.80. The van der Waals surface area contributed by atoms with Crippen molar-refractivity contribution >= 4 is 37.4 Å². The first-order chi connectivity index (χ1) is 11.7. The molecule has 0 N–H and O–H groups in total. The lowest BCUT2D eigenvalue weighted by atomic mass is 10.1. The first-order valence-corrected chi connectivity index (χ1v) is 9.98. The van der Waals surface area contributed by atoms with E-state index in [1.54, 1.807) is 11.3 Å². The van der Waals surface area contributed by atoms with Crippen molar-refractivity contribution in [2.45, 2.75) is 18.9 Å². The van der Waals surface area contributed by atoms with Gasteiger partial charge in [-0.1, -0.05) is 28.1 Å². The van der Waals surface area contributed by atoms with Crippen LogP contribution in [0.5, 0.6) is 5.75 Å². The Kier molecular flexibility index (Phi) is 4.61. The fourth-order valence-electron chi connectivity index (χ4n) is 3.33. The highest BCUT2D eigenvalue weighted by Crippen LogP contribution is 2.36. The van der Waals surface area contributed by atoms with E-state index in [4.69, 9.17) is 4.74 Å². The monoisotopic (exact) mass is 401 g/mol. The maximum absolute atomic E-state index is 6.06. The van der Waals surface area contributed by atoms with Gasteiger partial charge in [-0.3, -0.25) is 0 Å². The molecule has 0 bridgehead atoms. The predicted molar refractivity (Wildman–Crippen MR) is 106 cm³/mol. The summed E-state index contributed by atoms with van der Waals surface area (Å²) in [5.41, 5.74) is 2.55. The van der Waals surface area contributed by atoms with E-state index >= 15 is 0 Å². The van der Waals surface area contributed by atoms with E-state index in [0.29, 0.717) is 6.04 Å². The van der Waals surface area contributed by atoms with Gasteiger partial charge in [-0.05, 0) is 67.7 Å². The first kappa shape index (κ1) is 16.1. The minimum Gasteiger partial charge on any atom is -0.492 e. The number of halogens is 1. The topological polar surface area (TPSA) is 12.5 Å². The van der Waals surface area contributed by atoms with Gasteiger partial charge in [0, 0.05) is 26.2 Å². The number of likely N-dealkylation sites (N-methyl/N-ethyl adjacent to an activating group) is 1. The summed E-state index contributed by atoms with van der Waals surface area (Å²) in [7, 11) is 2.19. The highest BCUT2D eigenvalue weighted by molar-refractivity contribution is 9.10. The standard InChI is InChI=1S/C20H20BrNOS/c1-22-10-2-3-16(22)12-23-17-8-9-18-19(13-24-20(18)11-17)14-4-6-15(21)7-5-14/h4-9,11,13,16H,2-3,10,12H2,1H3. The van der Waals surface area contributed by atoms with E-state index in [1.165, 1.54) is 40.6 Å². The molecule has 1 atom stereocenters. The summed E-state index contributed by atoms with van der Waals surface area (Å²) in [6.07, 6.45) is 2.52. The van der Waals surface area contributed by atoms with Gasteiger partial charge in [0.25, 0.3) is 0 Å². The molecule has 3 aromatic rings. The maximum Gasteiger partial charge on any atom is 0.120 e. The molecule has 2 aromatic carbocycles. The van der Waals surface area contributed by atoms with Gasteiger partial charge in [0.15, 0.2) is 0 Å². The average molecular weight is 402 g/mol. The summed E-state index contributed by atoms with van der Waals surface area (Å²) >= 11 is 5.28. The maximum atomic E-state index is 6.06. The number of benzene rings is 2. The number of nitrogens with zero attached hydrogens (tertiary/aromatic N) is 1. The molecule has 1 aromatic heterocycles. The largest absolute Gasteiger partial charge is 0.492 e. The molecule has 1 aliphatic heterocycles. The Hall–Kier alpha value is -1.36. The number of thiophene rings is 1. The second-order valence-electron chi connectivity index (χ2n) is 6.40. The summed E-state index contributed by atoms with van der Waals surface area (Å²) in [5.74, 6) is 0.979. The van der Waals surface area contributed by atoms with Gasteiger partial charge in [-0.2, -0.15) is 0 Å². The summed E-state index contributed by atoms with van der Waals surface area (Å²) < 4.78 is 8.45. The van der Waals surface area contributed by atoms with Gasteiger partial charge >= 0.3 is 0 Å². The highest BCUT2D eigenvalue weighted by atomic mass is 79.9. The third-order valence-corrected chi connectivity index (χ3v) is 6.29. The van der Waals surface area contributed by atoms with E-state index < -0.39 is 0 Å². The molecule has 1 aliphatic rings. The van der Waals surface area contributed by atoms with Crippen LogP contribution in [0.25, 0.3) is 21.2 Å². The molecular weight excluding hydrogens is 382 g/mol. The number of rotatable bonds is 4. The molecule has 124 valence electrons. The zero-order valence-corrected chi connectivity index (χ0v) is 16.1. The van der Waals surface area contributed by atoms with E-state index in [0.717, 1.165) is 16.8 Å². The Labute approximate surface area is 155 Å². The molecule has 2 heterocycles. The third kappa shape index (κ3) is 3.23. The Bertz CT molecular complexity index is 842. The van der Waals surface area contributed by atoms with Crippen LogP contribution in [0.4, 0.5) is 0 Å². The lowest BCUT2D eigenvalue weighted by Crippen LogP contribution is -2.30. The number of fused-ring (bicyclic) bond motifs is 1.